The van der Waals surface area contributed by atoms with Gasteiger partial charge in [0.05, 0.1) is 13.2 Å². The summed E-state index contributed by atoms with van der Waals surface area (Å²) in [5, 5.41) is 9.46. The third-order valence-electron chi connectivity index (χ3n) is 1.74. The molecule has 0 rings (SSSR count). The van der Waals surface area contributed by atoms with Crippen molar-refractivity contribution in [3.63, 3.8) is 0 Å². The van der Waals surface area contributed by atoms with Gasteiger partial charge in [-0.2, -0.15) is 0 Å². The molecule has 0 saturated carbocycles. The fourth-order valence-electron chi connectivity index (χ4n) is 1.01. The van der Waals surface area contributed by atoms with Crippen molar-refractivity contribution in [1.82, 2.24) is 0 Å². The van der Waals surface area contributed by atoms with Crippen molar-refractivity contribution < 1.29 is 19.4 Å². The number of aliphatic hydroxyl groups excluding tert-OH is 1. The molecule has 96 valence electrons. The summed E-state index contributed by atoms with van der Waals surface area (Å²) in [5.41, 5.74) is 0.0820. The maximum atomic E-state index is 11.0. The van der Waals surface area contributed by atoms with Gasteiger partial charge >= 0.3 is 5.97 Å². The van der Waals surface area contributed by atoms with Crippen LogP contribution in [-0.4, -0.2) is 37.0 Å². The Kier molecular flexibility index (Phi) is 7.34. The molecule has 1 unspecified atom stereocenters. The Morgan fingerprint density at radius 1 is 1.31 bits per heavy atom. The van der Waals surface area contributed by atoms with Gasteiger partial charge in [-0.15, -0.1) is 0 Å². The van der Waals surface area contributed by atoms with Crippen molar-refractivity contribution >= 4 is 5.97 Å². The normalized spacial score (nSPS) is 13.6. The molecule has 0 aromatic heterocycles. The van der Waals surface area contributed by atoms with Gasteiger partial charge in [-0.1, -0.05) is 27.7 Å². The van der Waals surface area contributed by atoms with Crippen LogP contribution in [0.1, 0.15) is 40.5 Å². The quantitative estimate of drug-likeness (QED) is 0.679. The van der Waals surface area contributed by atoms with Crippen LogP contribution in [0.3, 0.4) is 0 Å². The third kappa shape index (κ3) is 9.93. The van der Waals surface area contributed by atoms with Crippen LogP contribution >= 0.6 is 0 Å². The van der Waals surface area contributed by atoms with Gasteiger partial charge in [0, 0.05) is 6.42 Å². The van der Waals surface area contributed by atoms with Crippen LogP contribution in [-0.2, 0) is 14.3 Å². The number of hydrogen-bond donors (Lipinski definition) is 1. The maximum absolute atomic E-state index is 11.0. The molecule has 1 atom stereocenters. The summed E-state index contributed by atoms with van der Waals surface area (Å²) >= 11 is 0. The number of carbonyl (C=O) groups excluding carboxylic acids is 1. The lowest BCUT2D eigenvalue weighted by atomic mass is 9.99. The molecule has 0 bridgehead atoms. The second-order valence-corrected chi connectivity index (χ2v) is 5.16. The number of aliphatic hydroxyl groups is 1. The predicted octanol–water partition coefficient (Wildman–Crippen LogP) is 1.75. The fraction of sp³-hybridized carbons (Fsp3) is 0.917. The summed E-state index contributed by atoms with van der Waals surface area (Å²) in [6.45, 7) is 8.87. The second-order valence-electron chi connectivity index (χ2n) is 5.16. The highest BCUT2D eigenvalue weighted by Crippen LogP contribution is 2.12. The molecule has 0 spiro atoms. The first-order valence-corrected chi connectivity index (χ1v) is 5.76. The van der Waals surface area contributed by atoms with Gasteiger partial charge in [-0.05, 0) is 11.8 Å². The van der Waals surface area contributed by atoms with Crippen LogP contribution in [0.15, 0.2) is 0 Å². The summed E-state index contributed by atoms with van der Waals surface area (Å²) in [4.78, 5) is 11.0. The van der Waals surface area contributed by atoms with E-state index >= 15 is 0 Å². The standard InChI is InChI=1S/C12H24O4/c1-5-6-11(14)16-8-10(13)7-15-9-12(2,3)4/h10,13H,5-9H2,1-4H3. The van der Waals surface area contributed by atoms with E-state index in [1.165, 1.54) is 0 Å². The zero-order valence-corrected chi connectivity index (χ0v) is 10.8. The molecule has 0 aromatic rings. The summed E-state index contributed by atoms with van der Waals surface area (Å²) < 4.78 is 10.2. The molecule has 1 N–H and O–H groups in total. The van der Waals surface area contributed by atoms with Gasteiger partial charge in [0.25, 0.3) is 0 Å². The molecule has 4 nitrogen and oxygen atoms in total. The van der Waals surface area contributed by atoms with Crippen LogP contribution in [0.25, 0.3) is 0 Å². The first-order chi connectivity index (χ1) is 7.35. The largest absolute Gasteiger partial charge is 0.463 e. The van der Waals surface area contributed by atoms with E-state index in [-0.39, 0.29) is 24.6 Å². The van der Waals surface area contributed by atoms with Crippen molar-refractivity contribution in [2.45, 2.75) is 46.6 Å². The van der Waals surface area contributed by atoms with Crippen LogP contribution in [0.4, 0.5) is 0 Å². The van der Waals surface area contributed by atoms with Crippen molar-refractivity contribution in [2.24, 2.45) is 5.41 Å². The maximum Gasteiger partial charge on any atom is 0.305 e. The molecule has 0 saturated heterocycles. The van der Waals surface area contributed by atoms with Crippen LogP contribution < -0.4 is 0 Å². The van der Waals surface area contributed by atoms with Crippen molar-refractivity contribution in [3.8, 4) is 0 Å². The molecule has 0 radical (unpaired) electrons. The van der Waals surface area contributed by atoms with Gasteiger partial charge in [0.15, 0.2) is 0 Å². The molecule has 0 fully saturated rings. The SMILES string of the molecule is CCCC(=O)OCC(O)COCC(C)(C)C. The Bertz CT molecular complexity index is 196. The third-order valence-corrected chi connectivity index (χ3v) is 1.74. The van der Waals surface area contributed by atoms with Crippen molar-refractivity contribution in [2.75, 3.05) is 19.8 Å². The predicted molar refractivity (Wildman–Crippen MR) is 62.1 cm³/mol. The number of rotatable bonds is 7. The first-order valence-electron chi connectivity index (χ1n) is 5.76. The van der Waals surface area contributed by atoms with Gasteiger partial charge in [0.2, 0.25) is 0 Å². The summed E-state index contributed by atoms with van der Waals surface area (Å²) in [5.74, 6) is -0.266. The van der Waals surface area contributed by atoms with Crippen molar-refractivity contribution in [1.29, 1.82) is 0 Å². The Morgan fingerprint density at radius 2 is 1.94 bits per heavy atom. The van der Waals surface area contributed by atoms with E-state index in [4.69, 9.17) is 9.47 Å². The van der Waals surface area contributed by atoms with Crippen LogP contribution in [0.2, 0.25) is 0 Å². The highest BCUT2D eigenvalue weighted by Gasteiger charge is 2.13. The molecule has 0 aliphatic rings. The van der Waals surface area contributed by atoms with Gasteiger partial charge < -0.3 is 14.6 Å². The Hall–Kier alpha value is -0.610. The zero-order chi connectivity index (χ0) is 12.6. The average molecular weight is 232 g/mol. The van der Waals surface area contributed by atoms with E-state index in [0.29, 0.717) is 13.0 Å². The second kappa shape index (κ2) is 7.63. The topological polar surface area (TPSA) is 55.8 Å². The molecule has 0 amide bonds. The number of hydrogen-bond acceptors (Lipinski definition) is 4. The monoisotopic (exact) mass is 232 g/mol. The van der Waals surface area contributed by atoms with Crippen LogP contribution in [0, 0.1) is 5.41 Å². The fourth-order valence-corrected chi connectivity index (χ4v) is 1.01. The van der Waals surface area contributed by atoms with E-state index < -0.39 is 6.10 Å². The van der Waals surface area contributed by atoms with Crippen LogP contribution in [0.5, 0.6) is 0 Å². The highest BCUT2D eigenvalue weighted by atomic mass is 16.5. The smallest absolute Gasteiger partial charge is 0.305 e. The molecule has 0 heterocycles. The highest BCUT2D eigenvalue weighted by molar-refractivity contribution is 5.69. The zero-order valence-electron chi connectivity index (χ0n) is 10.8. The Balaban J connectivity index is 3.52. The van der Waals surface area contributed by atoms with E-state index in [1.54, 1.807) is 0 Å². The Labute approximate surface area is 97.9 Å². The average Bonchev–Trinajstić information content (AvgIpc) is 2.13. The lowest BCUT2D eigenvalue weighted by Crippen LogP contribution is -2.26. The minimum atomic E-state index is -0.733. The number of carbonyl (C=O) groups is 1. The minimum Gasteiger partial charge on any atom is -0.463 e. The van der Waals surface area contributed by atoms with E-state index in [2.05, 4.69) is 20.8 Å². The van der Waals surface area contributed by atoms with Gasteiger partial charge in [0.1, 0.15) is 12.7 Å². The van der Waals surface area contributed by atoms with E-state index in [0.717, 1.165) is 6.42 Å². The molecule has 4 heteroatoms. The van der Waals surface area contributed by atoms with E-state index in [9.17, 15) is 9.90 Å². The summed E-state index contributed by atoms with van der Waals surface area (Å²) in [6.07, 6.45) is 0.425. The number of esters is 1. The molecular weight excluding hydrogens is 208 g/mol. The van der Waals surface area contributed by atoms with Crippen molar-refractivity contribution in [3.05, 3.63) is 0 Å². The van der Waals surface area contributed by atoms with Gasteiger partial charge in [-0.3, -0.25) is 4.79 Å². The Morgan fingerprint density at radius 3 is 2.44 bits per heavy atom. The van der Waals surface area contributed by atoms with Gasteiger partial charge in [-0.25, -0.2) is 0 Å². The molecule has 0 aliphatic heterocycles. The lowest BCUT2D eigenvalue weighted by Gasteiger charge is -2.19. The lowest BCUT2D eigenvalue weighted by molar-refractivity contribution is -0.148. The molecular formula is C12H24O4. The van der Waals surface area contributed by atoms with E-state index in [1.807, 2.05) is 6.92 Å². The summed E-state index contributed by atoms with van der Waals surface area (Å²) in [6, 6.07) is 0. The number of ether oxygens (including phenoxy) is 2. The summed E-state index contributed by atoms with van der Waals surface area (Å²) in [7, 11) is 0. The molecule has 16 heavy (non-hydrogen) atoms. The molecule has 0 aromatic carbocycles. The first kappa shape index (κ1) is 15.4. The molecule has 0 aliphatic carbocycles. The minimum absolute atomic E-state index is 0.0168.